The number of rotatable bonds is 2. The lowest BCUT2D eigenvalue weighted by Crippen LogP contribution is -2.04. The minimum absolute atomic E-state index is 0.376. The smallest absolute Gasteiger partial charge is 0.471 e. The third-order valence-electron chi connectivity index (χ3n) is 2.33. The number of H-pyrrole nitrogens is 1. The van der Waals surface area contributed by atoms with E-state index in [1.54, 1.807) is 24.3 Å². The van der Waals surface area contributed by atoms with Crippen molar-refractivity contribution in [2.45, 2.75) is 0 Å². The highest BCUT2D eigenvalue weighted by Gasteiger charge is 2.13. The van der Waals surface area contributed by atoms with Gasteiger partial charge >= 0.3 is 7.82 Å². The van der Waals surface area contributed by atoms with Crippen LogP contribution in [0.15, 0.2) is 29.1 Å². The lowest BCUT2D eigenvalue weighted by molar-refractivity contribution is 0.204. The minimum Gasteiger partial charge on any atom is -0.504 e. The Morgan fingerprint density at radius 2 is 1.65 bits per heavy atom. The summed E-state index contributed by atoms with van der Waals surface area (Å²) < 4.78 is 18.0. The van der Waals surface area contributed by atoms with Crippen molar-refractivity contribution in [1.82, 2.24) is 4.98 Å². The fraction of sp³-hybridized carbons (Fsp3) is 0.182. The van der Waals surface area contributed by atoms with Gasteiger partial charge in [-0.2, -0.15) is 0 Å². The van der Waals surface area contributed by atoms with Gasteiger partial charge in [-0.25, -0.2) is 4.57 Å². The van der Waals surface area contributed by atoms with Crippen LogP contribution in [0.3, 0.4) is 0 Å². The topological polar surface area (TPSA) is 129 Å². The van der Waals surface area contributed by atoms with Gasteiger partial charge in [0.05, 0.1) is 5.52 Å². The van der Waals surface area contributed by atoms with E-state index in [-0.39, 0.29) is 5.75 Å². The van der Waals surface area contributed by atoms with Crippen LogP contribution in [0.1, 0.15) is 0 Å². The molecular weight excluding hydrogens is 289 g/mol. The first-order chi connectivity index (χ1) is 9.32. The zero-order valence-electron chi connectivity index (χ0n) is 10.7. The molecule has 0 spiro atoms. The van der Waals surface area contributed by atoms with Gasteiger partial charge in [-0.3, -0.25) is 13.8 Å². The van der Waals surface area contributed by atoms with Gasteiger partial charge in [0.1, 0.15) is 0 Å². The van der Waals surface area contributed by atoms with Gasteiger partial charge in [-0.05, 0) is 12.1 Å². The normalized spacial score (nSPS) is 10.9. The first kappa shape index (κ1) is 16.2. The third kappa shape index (κ3) is 3.82. The molecule has 1 aromatic heterocycles. The summed E-state index contributed by atoms with van der Waals surface area (Å²) in [5.41, 5.74) is -0.181. The molecule has 0 saturated carbocycles. The van der Waals surface area contributed by atoms with Crippen LogP contribution in [-0.2, 0) is 13.6 Å². The number of phosphoric acid groups is 1. The molecule has 8 nitrogen and oxygen atoms in total. The summed E-state index contributed by atoms with van der Waals surface area (Å²) in [6.07, 6.45) is 0. The Hall–Kier alpha value is -1.86. The second-order valence-corrected chi connectivity index (χ2v) is 5.20. The second-order valence-electron chi connectivity index (χ2n) is 3.53. The maximum Gasteiger partial charge on any atom is 0.471 e. The molecule has 0 atom stereocenters. The molecule has 0 unspecified atom stereocenters. The van der Waals surface area contributed by atoms with Crippen LogP contribution in [0.2, 0.25) is 0 Å². The number of aromatic hydroxyl groups is 2. The summed E-state index contributed by atoms with van der Waals surface area (Å²) >= 11 is 0. The Balaban J connectivity index is 0.000000246. The molecule has 0 fully saturated rings. The third-order valence-corrected chi connectivity index (χ3v) is 3.25. The molecule has 0 amide bonds. The Labute approximate surface area is 113 Å². The number of pyridine rings is 1. The number of fused-ring (bicyclic) bond motifs is 1. The van der Waals surface area contributed by atoms with Crippen molar-refractivity contribution in [3.63, 3.8) is 0 Å². The zero-order valence-corrected chi connectivity index (χ0v) is 11.6. The Kier molecular flexibility index (Phi) is 5.29. The summed E-state index contributed by atoms with van der Waals surface area (Å²) in [6, 6.07) is 6.70. The van der Waals surface area contributed by atoms with Crippen LogP contribution >= 0.6 is 7.82 Å². The SMILES string of the molecule is COP(=O)(O)OC.O=c1[nH]c2ccccc2c(O)c1O. The van der Waals surface area contributed by atoms with Crippen molar-refractivity contribution in [2.24, 2.45) is 0 Å². The van der Waals surface area contributed by atoms with Crippen molar-refractivity contribution >= 4 is 18.7 Å². The van der Waals surface area contributed by atoms with Gasteiger partial charge in [0.15, 0.2) is 5.75 Å². The van der Waals surface area contributed by atoms with E-state index in [1.807, 2.05) is 0 Å². The van der Waals surface area contributed by atoms with Crippen LogP contribution in [0.5, 0.6) is 11.5 Å². The first-order valence-corrected chi connectivity index (χ1v) is 6.79. The maximum absolute atomic E-state index is 11.0. The molecular formula is C11H14NO7P. The van der Waals surface area contributed by atoms with Gasteiger partial charge in [0.2, 0.25) is 5.75 Å². The van der Waals surface area contributed by atoms with Crippen molar-refractivity contribution < 1.29 is 28.7 Å². The number of hydrogen-bond acceptors (Lipinski definition) is 6. The molecule has 20 heavy (non-hydrogen) atoms. The van der Waals surface area contributed by atoms with E-state index < -0.39 is 19.1 Å². The number of aromatic nitrogens is 1. The van der Waals surface area contributed by atoms with Gasteiger partial charge in [-0.15, -0.1) is 0 Å². The standard InChI is InChI=1S/C9H7NO3.C2H7O4P/c11-7-5-3-1-2-4-6(5)10-9(13)8(7)12;1-5-7(3,4)6-2/h1-4,12H,(H2,10,11,13);1-2H3,(H,3,4). The van der Waals surface area contributed by atoms with Gasteiger partial charge in [0.25, 0.3) is 5.56 Å². The van der Waals surface area contributed by atoms with Gasteiger partial charge < -0.3 is 20.1 Å². The highest BCUT2D eigenvalue weighted by atomic mass is 31.2. The number of aromatic amines is 1. The average Bonchev–Trinajstić information content (AvgIpc) is 2.46. The first-order valence-electron chi connectivity index (χ1n) is 5.29. The van der Waals surface area contributed by atoms with Crippen molar-refractivity contribution in [2.75, 3.05) is 14.2 Å². The van der Waals surface area contributed by atoms with Gasteiger partial charge in [0, 0.05) is 19.6 Å². The van der Waals surface area contributed by atoms with E-state index in [4.69, 9.17) is 10.00 Å². The van der Waals surface area contributed by atoms with E-state index in [2.05, 4.69) is 14.0 Å². The van der Waals surface area contributed by atoms with E-state index in [1.165, 1.54) is 0 Å². The minimum atomic E-state index is -3.65. The Morgan fingerprint density at radius 1 is 1.10 bits per heavy atom. The molecule has 2 aromatic rings. The van der Waals surface area contributed by atoms with E-state index >= 15 is 0 Å². The summed E-state index contributed by atoms with van der Waals surface area (Å²) in [4.78, 5) is 21.7. The van der Waals surface area contributed by atoms with Crippen molar-refractivity contribution in [3.05, 3.63) is 34.6 Å². The van der Waals surface area contributed by atoms with E-state index in [9.17, 15) is 14.5 Å². The molecule has 1 aromatic carbocycles. The predicted octanol–water partition coefficient (Wildman–Crippen LogP) is 1.32. The van der Waals surface area contributed by atoms with Crippen LogP contribution < -0.4 is 5.56 Å². The van der Waals surface area contributed by atoms with Crippen LogP contribution in [0, 0.1) is 0 Å². The fourth-order valence-electron chi connectivity index (χ4n) is 1.29. The van der Waals surface area contributed by atoms with Crippen LogP contribution in [0.25, 0.3) is 10.9 Å². The predicted molar refractivity (Wildman–Crippen MR) is 71.7 cm³/mol. The molecule has 110 valence electrons. The van der Waals surface area contributed by atoms with Crippen molar-refractivity contribution in [3.8, 4) is 11.5 Å². The number of para-hydroxylation sites is 1. The number of nitrogens with one attached hydrogen (secondary N) is 1. The molecule has 2 rings (SSSR count). The molecule has 9 heteroatoms. The molecule has 0 aliphatic heterocycles. The molecule has 0 bridgehead atoms. The quantitative estimate of drug-likeness (QED) is 0.616. The number of hydrogen-bond donors (Lipinski definition) is 4. The van der Waals surface area contributed by atoms with E-state index in [0.29, 0.717) is 10.9 Å². The summed E-state index contributed by atoms with van der Waals surface area (Å²) in [5, 5.41) is 18.9. The molecule has 0 aliphatic carbocycles. The Morgan fingerprint density at radius 3 is 2.15 bits per heavy atom. The van der Waals surface area contributed by atoms with Crippen molar-refractivity contribution in [1.29, 1.82) is 0 Å². The van der Waals surface area contributed by atoms with Crippen LogP contribution in [0.4, 0.5) is 0 Å². The second kappa shape index (κ2) is 6.53. The van der Waals surface area contributed by atoms with E-state index in [0.717, 1.165) is 14.2 Å². The number of phosphoric ester groups is 1. The monoisotopic (exact) mass is 303 g/mol. The lowest BCUT2D eigenvalue weighted by Gasteiger charge is -2.01. The lowest BCUT2D eigenvalue weighted by atomic mass is 10.2. The molecule has 0 saturated heterocycles. The highest BCUT2D eigenvalue weighted by molar-refractivity contribution is 7.47. The summed E-state index contributed by atoms with van der Waals surface area (Å²) in [5.74, 6) is -1.02. The maximum atomic E-state index is 11.0. The van der Waals surface area contributed by atoms with Crippen LogP contribution in [-0.4, -0.2) is 34.3 Å². The fourth-order valence-corrected chi connectivity index (χ4v) is 1.44. The molecule has 0 aliphatic rings. The largest absolute Gasteiger partial charge is 0.504 e. The molecule has 0 radical (unpaired) electrons. The van der Waals surface area contributed by atoms with Gasteiger partial charge in [-0.1, -0.05) is 12.1 Å². The summed E-state index contributed by atoms with van der Waals surface area (Å²) in [6.45, 7) is 0. The zero-order chi connectivity index (χ0) is 15.3. The molecule has 1 heterocycles. The molecule has 4 N–H and O–H groups in total. The highest BCUT2D eigenvalue weighted by Crippen LogP contribution is 2.40. The average molecular weight is 303 g/mol. The Bertz CT molecular complexity index is 689. The summed E-state index contributed by atoms with van der Waals surface area (Å²) in [7, 11) is -1.45. The number of benzene rings is 1.